The van der Waals surface area contributed by atoms with Gasteiger partial charge in [-0.15, -0.1) is 0 Å². The molecule has 0 bridgehead atoms. The molecule has 0 radical (unpaired) electrons. The molecule has 1 amide bonds. The van der Waals surface area contributed by atoms with E-state index < -0.39 is 0 Å². The van der Waals surface area contributed by atoms with Crippen molar-refractivity contribution < 1.29 is 14.3 Å². The number of ether oxygens (including phenoxy) is 2. The van der Waals surface area contributed by atoms with Crippen LogP contribution in [0, 0.1) is 6.92 Å². The van der Waals surface area contributed by atoms with Gasteiger partial charge < -0.3 is 14.8 Å². The fraction of sp³-hybridized carbons (Fsp3) is 0.188. The number of hydrogen-bond acceptors (Lipinski definition) is 3. The molecule has 3 rings (SSSR count). The third kappa shape index (κ3) is 2.59. The lowest BCUT2D eigenvalue weighted by Crippen LogP contribution is -2.22. The Morgan fingerprint density at radius 1 is 1.15 bits per heavy atom. The molecule has 0 spiro atoms. The van der Waals surface area contributed by atoms with Crippen LogP contribution in [-0.2, 0) is 6.54 Å². The first-order valence-electron chi connectivity index (χ1n) is 6.46. The van der Waals surface area contributed by atoms with E-state index in [0.717, 1.165) is 5.56 Å². The molecule has 0 aliphatic carbocycles. The van der Waals surface area contributed by atoms with E-state index in [-0.39, 0.29) is 12.7 Å². The van der Waals surface area contributed by atoms with E-state index in [1.165, 1.54) is 5.56 Å². The van der Waals surface area contributed by atoms with Crippen molar-refractivity contribution >= 4 is 5.91 Å². The van der Waals surface area contributed by atoms with E-state index in [2.05, 4.69) is 11.4 Å². The fourth-order valence-electron chi connectivity index (χ4n) is 2.14. The molecule has 20 heavy (non-hydrogen) atoms. The maximum absolute atomic E-state index is 12.1. The molecule has 0 atom stereocenters. The lowest BCUT2D eigenvalue weighted by molar-refractivity contribution is 0.0950. The highest BCUT2D eigenvalue weighted by Crippen LogP contribution is 2.32. The van der Waals surface area contributed by atoms with Crippen molar-refractivity contribution in [1.82, 2.24) is 5.32 Å². The minimum absolute atomic E-state index is 0.121. The molecule has 102 valence electrons. The highest BCUT2D eigenvalue weighted by atomic mass is 16.7. The second-order valence-corrected chi connectivity index (χ2v) is 4.74. The van der Waals surface area contributed by atoms with Gasteiger partial charge in [0, 0.05) is 12.1 Å². The van der Waals surface area contributed by atoms with E-state index in [9.17, 15) is 4.79 Å². The van der Waals surface area contributed by atoms with Gasteiger partial charge in [-0.3, -0.25) is 4.79 Å². The number of carbonyl (C=O) groups excluding carboxylic acids is 1. The van der Waals surface area contributed by atoms with E-state index in [0.29, 0.717) is 23.6 Å². The van der Waals surface area contributed by atoms with E-state index in [1.807, 2.05) is 25.1 Å². The standard InChI is InChI=1S/C16H15NO3/c1-11-3-2-4-12(7-11)9-17-16(18)13-5-6-14-15(8-13)20-10-19-14/h2-8H,9-10H2,1H3,(H,17,18). The average Bonchev–Trinajstić information content (AvgIpc) is 2.92. The van der Waals surface area contributed by atoms with Crippen LogP contribution in [0.1, 0.15) is 21.5 Å². The maximum Gasteiger partial charge on any atom is 0.251 e. The fourth-order valence-corrected chi connectivity index (χ4v) is 2.14. The summed E-state index contributed by atoms with van der Waals surface area (Å²) in [5, 5.41) is 2.90. The van der Waals surface area contributed by atoms with Crippen molar-refractivity contribution in [3.05, 3.63) is 59.2 Å². The van der Waals surface area contributed by atoms with Gasteiger partial charge in [0.1, 0.15) is 0 Å². The van der Waals surface area contributed by atoms with Crippen molar-refractivity contribution in [3.8, 4) is 11.5 Å². The van der Waals surface area contributed by atoms with Gasteiger partial charge in [-0.2, -0.15) is 0 Å². The van der Waals surface area contributed by atoms with Crippen molar-refractivity contribution in [2.75, 3.05) is 6.79 Å². The number of fused-ring (bicyclic) bond motifs is 1. The molecule has 1 aliphatic heterocycles. The van der Waals surface area contributed by atoms with Crippen LogP contribution < -0.4 is 14.8 Å². The van der Waals surface area contributed by atoms with Gasteiger partial charge in [0.15, 0.2) is 11.5 Å². The summed E-state index contributed by atoms with van der Waals surface area (Å²) in [6.07, 6.45) is 0. The van der Waals surface area contributed by atoms with Gasteiger partial charge in [0.2, 0.25) is 6.79 Å². The molecule has 0 unspecified atom stereocenters. The summed E-state index contributed by atoms with van der Waals surface area (Å²) in [4.78, 5) is 12.1. The maximum atomic E-state index is 12.1. The van der Waals surface area contributed by atoms with Gasteiger partial charge in [-0.25, -0.2) is 0 Å². The zero-order valence-corrected chi connectivity index (χ0v) is 11.2. The predicted molar refractivity (Wildman–Crippen MR) is 74.9 cm³/mol. The number of carbonyl (C=O) groups is 1. The van der Waals surface area contributed by atoms with Crippen LogP contribution in [0.2, 0.25) is 0 Å². The number of hydrogen-bond donors (Lipinski definition) is 1. The Labute approximate surface area is 117 Å². The van der Waals surface area contributed by atoms with Crippen molar-refractivity contribution in [1.29, 1.82) is 0 Å². The molecule has 1 heterocycles. The smallest absolute Gasteiger partial charge is 0.251 e. The lowest BCUT2D eigenvalue weighted by atomic mass is 10.1. The third-order valence-corrected chi connectivity index (χ3v) is 3.17. The first-order chi connectivity index (χ1) is 9.72. The molecule has 2 aromatic rings. The van der Waals surface area contributed by atoms with Crippen LogP contribution in [0.4, 0.5) is 0 Å². The number of rotatable bonds is 3. The summed E-state index contributed by atoms with van der Waals surface area (Å²) in [5.41, 5.74) is 2.83. The Balaban J connectivity index is 1.67. The second kappa shape index (κ2) is 5.25. The van der Waals surface area contributed by atoms with Crippen LogP contribution in [0.3, 0.4) is 0 Å². The molecule has 2 aromatic carbocycles. The lowest BCUT2D eigenvalue weighted by Gasteiger charge is -2.07. The van der Waals surface area contributed by atoms with Crippen molar-refractivity contribution in [3.63, 3.8) is 0 Å². The zero-order chi connectivity index (χ0) is 13.9. The first kappa shape index (κ1) is 12.5. The van der Waals surface area contributed by atoms with Gasteiger partial charge in [-0.05, 0) is 30.7 Å². The zero-order valence-electron chi connectivity index (χ0n) is 11.2. The molecule has 0 aromatic heterocycles. The van der Waals surface area contributed by atoms with Gasteiger partial charge >= 0.3 is 0 Å². The average molecular weight is 269 g/mol. The molecule has 0 saturated carbocycles. The normalized spacial score (nSPS) is 12.2. The predicted octanol–water partition coefficient (Wildman–Crippen LogP) is 2.65. The van der Waals surface area contributed by atoms with Crippen LogP contribution in [-0.4, -0.2) is 12.7 Å². The second-order valence-electron chi connectivity index (χ2n) is 4.74. The third-order valence-electron chi connectivity index (χ3n) is 3.17. The molecule has 4 heteroatoms. The molecule has 0 fully saturated rings. The SMILES string of the molecule is Cc1cccc(CNC(=O)c2ccc3c(c2)OCO3)c1. The van der Waals surface area contributed by atoms with Crippen LogP contribution >= 0.6 is 0 Å². The first-order valence-corrected chi connectivity index (χ1v) is 6.46. The number of benzene rings is 2. The van der Waals surface area contributed by atoms with Crippen molar-refractivity contribution in [2.24, 2.45) is 0 Å². The molecule has 1 aliphatic rings. The summed E-state index contributed by atoms with van der Waals surface area (Å²) in [6, 6.07) is 13.3. The number of nitrogens with one attached hydrogen (secondary N) is 1. The van der Waals surface area contributed by atoms with E-state index >= 15 is 0 Å². The summed E-state index contributed by atoms with van der Waals surface area (Å²) in [6.45, 7) is 2.75. The van der Waals surface area contributed by atoms with Crippen LogP contribution in [0.5, 0.6) is 11.5 Å². The van der Waals surface area contributed by atoms with Gasteiger partial charge in [0.25, 0.3) is 5.91 Å². The Hall–Kier alpha value is -2.49. The largest absolute Gasteiger partial charge is 0.454 e. The Kier molecular flexibility index (Phi) is 3.29. The monoisotopic (exact) mass is 269 g/mol. The summed E-state index contributed by atoms with van der Waals surface area (Å²) >= 11 is 0. The molecule has 0 saturated heterocycles. The minimum atomic E-state index is -0.121. The summed E-state index contributed by atoms with van der Waals surface area (Å²) < 4.78 is 10.5. The highest BCUT2D eigenvalue weighted by molar-refractivity contribution is 5.94. The van der Waals surface area contributed by atoms with Crippen LogP contribution in [0.15, 0.2) is 42.5 Å². The summed E-state index contributed by atoms with van der Waals surface area (Å²) in [7, 11) is 0. The topological polar surface area (TPSA) is 47.6 Å². The number of aryl methyl sites for hydroxylation is 1. The van der Waals surface area contributed by atoms with E-state index in [4.69, 9.17) is 9.47 Å². The van der Waals surface area contributed by atoms with Gasteiger partial charge in [0.05, 0.1) is 0 Å². The van der Waals surface area contributed by atoms with Gasteiger partial charge in [-0.1, -0.05) is 29.8 Å². The Morgan fingerprint density at radius 2 is 2.00 bits per heavy atom. The molecular formula is C16H15NO3. The molecule has 4 nitrogen and oxygen atoms in total. The van der Waals surface area contributed by atoms with Crippen molar-refractivity contribution in [2.45, 2.75) is 13.5 Å². The number of amides is 1. The highest BCUT2D eigenvalue weighted by Gasteiger charge is 2.15. The molecular weight excluding hydrogens is 254 g/mol. The molecule has 1 N–H and O–H groups in total. The summed E-state index contributed by atoms with van der Waals surface area (Å²) in [5.74, 6) is 1.18. The Morgan fingerprint density at radius 3 is 2.85 bits per heavy atom. The van der Waals surface area contributed by atoms with Crippen LogP contribution in [0.25, 0.3) is 0 Å². The van der Waals surface area contributed by atoms with E-state index in [1.54, 1.807) is 18.2 Å². The quantitative estimate of drug-likeness (QED) is 0.931. The minimum Gasteiger partial charge on any atom is -0.454 e. The Bertz CT molecular complexity index is 652.